The average Bonchev–Trinajstić information content (AvgIpc) is 2.42. The maximum atomic E-state index is 5.76. The number of likely N-dealkylation sites (tertiary alicyclic amines) is 1. The smallest absolute Gasteiger partial charge is 0.0345 e. The normalized spacial score (nSPS) is 19.9. The Hall–Kier alpha value is -0.380. The van der Waals surface area contributed by atoms with E-state index in [0.29, 0.717) is 6.04 Å². The molecule has 1 saturated heterocycles. The molecule has 2 N–H and O–H groups in total. The van der Waals surface area contributed by atoms with Gasteiger partial charge in [0.15, 0.2) is 0 Å². The van der Waals surface area contributed by atoms with E-state index in [1.165, 1.54) is 37.9 Å². The Bertz CT molecular complexity index is 355. The maximum Gasteiger partial charge on any atom is 0.0345 e. The summed E-state index contributed by atoms with van der Waals surface area (Å²) in [6.45, 7) is 5.51. The fourth-order valence-electron chi connectivity index (χ4n) is 2.89. The van der Waals surface area contributed by atoms with E-state index in [-0.39, 0.29) is 0 Å². The molecule has 0 aromatic heterocycles. The Labute approximate surface area is 119 Å². The molecule has 3 heteroatoms. The largest absolute Gasteiger partial charge is 0.330 e. The molecule has 0 aliphatic carbocycles. The fourth-order valence-corrected chi connectivity index (χ4v) is 3.15. The number of hydrogen-bond acceptors (Lipinski definition) is 2. The van der Waals surface area contributed by atoms with Gasteiger partial charge in [0.05, 0.1) is 0 Å². The van der Waals surface area contributed by atoms with Crippen molar-refractivity contribution >= 4 is 15.9 Å². The highest BCUT2D eigenvalue weighted by atomic mass is 79.9. The van der Waals surface area contributed by atoms with Crippen LogP contribution in [-0.2, 0) is 0 Å². The van der Waals surface area contributed by atoms with Crippen molar-refractivity contribution in [3.63, 3.8) is 0 Å². The van der Waals surface area contributed by atoms with Crippen LogP contribution in [-0.4, -0.2) is 24.5 Å². The van der Waals surface area contributed by atoms with E-state index in [2.05, 4.69) is 52.0 Å². The molecule has 1 aliphatic heterocycles. The summed E-state index contributed by atoms with van der Waals surface area (Å²) in [5.74, 6) is 0.740. The van der Waals surface area contributed by atoms with Gasteiger partial charge < -0.3 is 5.73 Å². The van der Waals surface area contributed by atoms with Crippen molar-refractivity contribution in [2.45, 2.75) is 32.2 Å². The third kappa shape index (κ3) is 3.34. The van der Waals surface area contributed by atoms with Gasteiger partial charge in [-0.25, -0.2) is 0 Å². The Morgan fingerprint density at radius 3 is 2.39 bits per heavy atom. The highest BCUT2D eigenvalue weighted by Gasteiger charge is 2.24. The molecular weight excluding hydrogens is 288 g/mol. The lowest BCUT2D eigenvalue weighted by Crippen LogP contribution is -2.38. The van der Waals surface area contributed by atoms with Crippen LogP contribution < -0.4 is 5.73 Å². The van der Waals surface area contributed by atoms with Crippen LogP contribution in [0.15, 0.2) is 28.7 Å². The number of nitrogens with zero attached hydrogens (tertiary/aromatic N) is 1. The monoisotopic (exact) mass is 310 g/mol. The number of nitrogens with two attached hydrogens (primary N) is 1. The average molecular weight is 311 g/mol. The lowest BCUT2D eigenvalue weighted by molar-refractivity contribution is 0.131. The highest BCUT2D eigenvalue weighted by Crippen LogP contribution is 2.29. The molecule has 2 rings (SSSR count). The van der Waals surface area contributed by atoms with Gasteiger partial charge in [-0.2, -0.15) is 0 Å². The number of halogens is 1. The number of piperidine rings is 1. The lowest BCUT2D eigenvalue weighted by atomic mass is 9.93. The molecule has 1 unspecified atom stereocenters. The molecule has 1 fully saturated rings. The molecule has 1 heterocycles. The number of benzene rings is 1. The molecule has 0 bridgehead atoms. The van der Waals surface area contributed by atoms with E-state index in [9.17, 15) is 0 Å². The van der Waals surface area contributed by atoms with E-state index in [1.807, 2.05) is 0 Å². The van der Waals surface area contributed by atoms with Crippen LogP contribution in [0, 0.1) is 5.92 Å². The van der Waals surface area contributed by atoms with Gasteiger partial charge in [0.25, 0.3) is 0 Å². The molecule has 0 radical (unpaired) electrons. The van der Waals surface area contributed by atoms with Gasteiger partial charge in [-0.3, -0.25) is 4.90 Å². The summed E-state index contributed by atoms with van der Waals surface area (Å²) in [7, 11) is 0. The van der Waals surface area contributed by atoms with Crippen molar-refractivity contribution in [3.05, 3.63) is 34.3 Å². The maximum absolute atomic E-state index is 5.76. The van der Waals surface area contributed by atoms with Gasteiger partial charge in [-0.15, -0.1) is 0 Å². The molecule has 1 aromatic rings. The zero-order valence-corrected chi connectivity index (χ0v) is 12.7. The van der Waals surface area contributed by atoms with Crippen LogP contribution in [0.1, 0.15) is 37.8 Å². The first-order chi connectivity index (χ1) is 8.74. The SMILES string of the molecule is CCC(c1ccc(Br)cc1)N1CCC(CN)CC1. The predicted octanol–water partition coefficient (Wildman–Crippen LogP) is 3.57. The van der Waals surface area contributed by atoms with Crippen molar-refractivity contribution in [3.8, 4) is 0 Å². The number of hydrogen-bond donors (Lipinski definition) is 1. The Morgan fingerprint density at radius 2 is 1.89 bits per heavy atom. The second kappa shape index (κ2) is 6.69. The molecule has 1 aromatic carbocycles. The predicted molar refractivity (Wildman–Crippen MR) is 80.5 cm³/mol. The van der Waals surface area contributed by atoms with Crippen LogP contribution in [0.25, 0.3) is 0 Å². The van der Waals surface area contributed by atoms with Crippen LogP contribution in [0.2, 0.25) is 0 Å². The molecule has 1 atom stereocenters. The topological polar surface area (TPSA) is 29.3 Å². The van der Waals surface area contributed by atoms with E-state index < -0.39 is 0 Å². The van der Waals surface area contributed by atoms with Gasteiger partial charge in [0, 0.05) is 10.5 Å². The summed E-state index contributed by atoms with van der Waals surface area (Å²) in [6.07, 6.45) is 3.68. The molecule has 0 amide bonds. The van der Waals surface area contributed by atoms with Gasteiger partial charge in [0.2, 0.25) is 0 Å². The second-order valence-electron chi connectivity index (χ2n) is 5.19. The molecule has 2 nitrogen and oxygen atoms in total. The van der Waals surface area contributed by atoms with Crippen molar-refractivity contribution in [1.29, 1.82) is 0 Å². The summed E-state index contributed by atoms with van der Waals surface area (Å²) in [4.78, 5) is 2.62. The minimum atomic E-state index is 0.567. The van der Waals surface area contributed by atoms with Crippen molar-refractivity contribution < 1.29 is 0 Å². The molecule has 18 heavy (non-hydrogen) atoms. The van der Waals surface area contributed by atoms with Crippen molar-refractivity contribution in [2.24, 2.45) is 11.7 Å². The van der Waals surface area contributed by atoms with Crippen LogP contribution in [0.3, 0.4) is 0 Å². The summed E-state index contributed by atoms with van der Waals surface area (Å²) in [6, 6.07) is 9.34. The van der Waals surface area contributed by atoms with E-state index in [0.717, 1.165) is 16.9 Å². The van der Waals surface area contributed by atoms with Crippen LogP contribution in [0.5, 0.6) is 0 Å². The molecule has 0 saturated carbocycles. The summed E-state index contributed by atoms with van der Waals surface area (Å²) < 4.78 is 1.16. The first-order valence-corrected chi connectivity index (χ1v) is 7.73. The standard InChI is InChI=1S/C15H23BrN2/c1-2-15(13-3-5-14(16)6-4-13)18-9-7-12(11-17)8-10-18/h3-6,12,15H,2,7-11,17H2,1H3. The van der Waals surface area contributed by atoms with Crippen molar-refractivity contribution in [2.75, 3.05) is 19.6 Å². The summed E-state index contributed by atoms with van der Waals surface area (Å²) >= 11 is 3.50. The summed E-state index contributed by atoms with van der Waals surface area (Å²) in [5, 5.41) is 0. The van der Waals surface area contributed by atoms with Crippen LogP contribution >= 0.6 is 15.9 Å². The first kappa shape index (κ1) is 14.0. The highest BCUT2D eigenvalue weighted by molar-refractivity contribution is 9.10. The summed E-state index contributed by atoms with van der Waals surface area (Å²) in [5.41, 5.74) is 7.20. The fraction of sp³-hybridized carbons (Fsp3) is 0.600. The Balaban J connectivity index is 2.03. The lowest BCUT2D eigenvalue weighted by Gasteiger charge is -2.37. The zero-order valence-electron chi connectivity index (χ0n) is 11.1. The zero-order chi connectivity index (χ0) is 13.0. The number of rotatable bonds is 4. The molecule has 100 valence electrons. The quantitative estimate of drug-likeness (QED) is 0.921. The van der Waals surface area contributed by atoms with Crippen LogP contribution in [0.4, 0.5) is 0 Å². The Kier molecular flexibility index (Phi) is 5.22. The van der Waals surface area contributed by atoms with E-state index in [4.69, 9.17) is 5.73 Å². The van der Waals surface area contributed by atoms with Gasteiger partial charge in [-0.1, -0.05) is 35.0 Å². The minimum absolute atomic E-state index is 0.567. The first-order valence-electron chi connectivity index (χ1n) is 6.94. The minimum Gasteiger partial charge on any atom is -0.330 e. The van der Waals surface area contributed by atoms with E-state index >= 15 is 0 Å². The van der Waals surface area contributed by atoms with E-state index in [1.54, 1.807) is 0 Å². The molecular formula is C15H23BrN2. The molecule has 1 aliphatic rings. The molecule has 0 spiro atoms. The second-order valence-corrected chi connectivity index (χ2v) is 6.11. The van der Waals surface area contributed by atoms with Crippen molar-refractivity contribution in [1.82, 2.24) is 4.90 Å². The van der Waals surface area contributed by atoms with Gasteiger partial charge in [0.1, 0.15) is 0 Å². The third-order valence-electron chi connectivity index (χ3n) is 4.06. The van der Waals surface area contributed by atoms with Gasteiger partial charge in [-0.05, 0) is 62.5 Å². The third-order valence-corrected chi connectivity index (χ3v) is 4.59. The van der Waals surface area contributed by atoms with Gasteiger partial charge >= 0.3 is 0 Å². The Morgan fingerprint density at radius 1 is 1.28 bits per heavy atom.